The van der Waals surface area contributed by atoms with Crippen LogP contribution in [0.1, 0.15) is 11.6 Å². The van der Waals surface area contributed by atoms with E-state index in [1.54, 1.807) is 0 Å². The predicted molar refractivity (Wildman–Crippen MR) is 79.1 cm³/mol. The molecule has 1 aromatic rings. The highest BCUT2D eigenvalue weighted by Crippen LogP contribution is 2.39. The summed E-state index contributed by atoms with van der Waals surface area (Å²) in [6, 6.07) is 1.38. The zero-order chi connectivity index (χ0) is 14.0. The van der Waals surface area contributed by atoms with Crippen molar-refractivity contribution in [2.24, 2.45) is 0 Å². The summed E-state index contributed by atoms with van der Waals surface area (Å²) in [7, 11) is 0. The van der Waals surface area contributed by atoms with Crippen molar-refractivity contribution in [1.82, 2.24) is 10.2 Å². The summed E-state index contributed by atoms with van der Waals surface area (Å²) in [5.41, 5.74) is -0.376. The van der Waals surface area contributed by atoms with E-state index in [-0.39, 0.29) is 48.5 Å². The Morgan fingerprint density at radius 2 is 1.71 bits per heavy atom. The number of alkyl halides is 3. The topological polar surface area (TPSA) is 15.3 Å². The van der Waals surface area contributed by atoms with Crippen LogP contribution in [0.4, 0.5) is 17.6 Å². The van der Waals surface area contributed by atoms with Gasteiger partial charge in [0.25, 0.3) is 0 Å². The fraction of sp³-hybridized carbons (Fsp3) is 0.500. The van der Waals surface area contributed by atoms with Crippen LogP contribution in [-0.4, -0.2) is 37.3 Å². The molecule has 0 bridgehead atoms. The Morgan fingerprint density at radius 3 is 2.19 bits per heavy atom. The molecule has 21 heavy (non-hydrogen) atoms. The second-order valence-electron chi connectivity index (χ2n) is 4.40. The lowest BCUT2D eigenvalue weighted by molar-refractivity contribution is -0.188. The smallest absolute Gasteiger partial charge is 0.314 e. The third kappa shape index (κ3) is 5.14. The average Bonchev–Trinajstić information content (AvgIpc) is 2.32. The van der Waals surface area contributed by atoms with E-state index >= 15 is 0 Å². The number of benzene rings is 1. The summed E-state index contributed by atoms with van der Waals surface area (Å²) in [5.74, 6) is -0.923. The normalized spacial score (nSPS) is 17.6. The van der Waals surface area contributed by atoms with E-state index in [9.17, 15) is 17.6 Å². The summed E-state index contributed by atoms with van der Waals surface area (Å²) in [5, 5.41) is 3.06. The molecule has 0 spiro atoms. The summed E-state index contributed by atoms with van der Waals surface area (Å²) in [6.07, 6.45) is -4.52. The Morgan fingerprint density at radius 1 is 1.14 bits per heavy atom. The molecule has 0 saturated carbocycles. The van der Waals surface area contributed by atoms with Gasteiger partial charge in [-0.2, -0.15) is 13.2 Å². The Labute approximate surface area is 137 Å². The predicted octanol–water partition coefficient (Wildman–Crippen LogP) is 3.83. The highest BCUT2D eigenvalue weighted by molar-refractivity contribution is 6.30. The van der Waals surface area contributed by atoms with E-state index in [0.29, 0.717) is 13.1 Å². The van der Waals surface area contributed by atoms with Gasteiger partial charge in [0.2, 0.25) is 0 Å². The van der Waals surface area contributed by atoms with Gasteiger partial charge in [0, 0.05) is 36.8 Å². The number of rotatable bonds is 2. The maximum atomic E-state index is 13.8. The van der Waals surface area contributed by atoms with Gasteiger partial charge in [-0.15, -0.1) is 24.8 Å². The van der Waals surface area contributed by atoms with E-state index in [4.69, 9.17) is 11.6 Å². The molecule has 1 aliphatic rings. The van der Waals surface area contributed by atoms with Gasteiger partial charge in [0.1, 0.15) is 11.9 Å². The SMILES string of the molecule is Cl.Cl.Fc1cc(Cl)ccc1[C@H](N1CCNCC1)C(F)(F)F. The highest BCUT2D eigenvalue weighted by Gasteiger charge is 2.46. The van der Waals surface area contributed by atoms with Gasteiger partial charge in [0.15, 0.2) is 0 Å². The van der Waals surface area contributed by atoms with Crippen molar-refractivity contribution in [3.05, 3.63) is 34.6 Å². The molecule has 0 aliphatic carbocycles. The largest absolute Gasteiger partial charge is 0.408 e. The first-order valence-electron chi connectivity index (χ1n) is 5.86. The fourth-order valence-corrected chi connectivity index (χ4v) is 2.40. The van der Waals surface area contributed by atoms with Crippen LogP contribution < -0.4 is 5.32 Å². The Balaban J connectivity index is 0.00000200. The van der Waals surface area contributed by atoms with Crippen LogP contribution in [0.2, 0.25) is 5.02 Å². The van der Waals surface area contributed by atoms with E-state index in [0.717, 1.165) is 12.1 Å². The number of nitrogens with one attached hydrogen (secondary N) is 1. The molecule has 0 amide bonds. The van der Waals surface area contributed by atoms with Crippen molar-refractivity contribution in [3.63, 3.8) is 0 Å². The minimum Gasteiger partial charge on any atom is -0.314 e. The van der Waals surface area contributed by atoms with Crippen molar-refractivity contribution in [2.45, 2.75) is 12.2 Å². The van der Waals surface area contributed by atoms with Crippen LogP contribution in [0.5, 0.6) is 0 Å². The standard InChI is InChI=1S/C12H13ClF4N2.2ClH/c13-8-1-2-9(10(14)7-8)11(12(15,16)17)19-5-3-18-4-6-19;;/h1-2,7,11,18H,3-6H2;2*1H/t11-;;/m0../s1. The lowest BCUT2D eigenvalue weighted by Crippen LogP contribution is -2.49. The summed E-state index contributed by atoms with van der Waals surface area (Å²) < 4.78 is 53.4. The lowest BCUT2D eigenvalue weighted by atomic mass is 10.0. The summed E-state index contributed by atoms with van der Waals surface area (Å²) in [6.45, 7) is 1.38. The lowest BCUT2D eigenvalue weighted by Gasteiger charge is -2.36. The molecule has 2 rings (SSSR count). The number of nitrogens with zero attached hydrogens (tertiary/aromatic N) is 1. The highest BCUT2D eigenvalue weighted by atomic mass is 35.5. The first-order valence-corrected chi connectivity index (χ1v) is 6.24. The van der Waals surface area contributed by atoms with E-state index in [1.807, 2.05) is 0 Å². The van der Waals surface area contributed by atoms with Crippen molar-refractivity contribution < 1.29 is 17.6 Å². The third-order valence-electron chi connectivity index (χ3n) is 3.08. The van der Waals surface area contributed by atoms with Crippen LogP contribution in [0.3, 0.4) is 0 Å². The van der Waals surface area contributed by atoms with Gasteiger partial charge in [-0.1, -0.05) is 17.7 Å². The Kier molecular flexibility index (Phi) is 8.28. The fourth-order valence-electron chi connectivity index (χ4n) is 2.24. The van der Waals surface area contributed by atoms with Crippen LogP contribution in [0.25, 0.3) is 0 Å². The first kappa shape index (κ1) is 20.7. The van der Waals surface area contributed by atoms with Gasteiger partial charge in [-0.3, -0.25) is 4.90 Å². The van der Waals surface area contributed by atoms with Crippen molar-refractivity contribution in [2.75, 3.05) is 26.2 Å². The quantitative estimate of drug-likeness (QED) is 0.797. The molecule has 1 N–H and O–H groups in total. The number of hydrogen-bond donors (Lipinski definition) is 1. The number of hydrogen-bond acceptors (Lipinski definition) is 2. The van der Waals surface area contributed by atoms with Crippen LogP contribution in [-0.2, 0) is 0 Å². The molecule has 1 aliphatic heterocycles. The zero-order valence-corrected chi connectivity index (χ0v) is 13.2. The molecule has 0 radical (unpaired) electrons. The summed E-state index contributed by atoms with van der Waals surface area (Å²) >= 11 is 5.58. The minimum atomic E-state index is -4.52. The van der Waals surface area contributed by atoms with Crippen LogP contribution in [0.15, 0.2) is 18.2 Å². The van der Waals surface area contributed by atoms with E-state index in [2.05, 4.69) is 5.32 Å². The summed E-state index contributed by atoms with van der Waals surface area (Å²) in [4.78, 5) is 1.24. The van der Waals surface area contributed by atoms with E-state index < -0.39 is 18.0 Å². The van der Waals surface area contributed by atoms with Gasteiger partial charge >= 0.3 is 6.18 Å². The number of halogens is 7. The molecule has 2 nitrogen and oxygen atoms in total. The van der Waals surface area contributed by atoms with Gasteiger partial charge in [-0.05, 0) is 12.1 Å². The van der Waals surface area contributed by atoms with Crippen LogP contribution in [0, 0.1) is 5.82 Å². The van der Waals surface area contributed by atoms with E-state index in [1.165, 1.54) is 11.0 Å². The van der Waals surface area contributed by atoms with Crippen LogP contribution >= 0.6 is 36.4 Å². The van der Waals surface area contributed by atoms with Crippen molar-refractivity contribution >= 4 is 36.4 Å². The van der Waals surface area contributed by atoms with Gasteiger partial charge in [0.05, 0.1) is 0 Å². The molecule has 1 saturated heterocycles. The number of piperazine rings is 1. The molecule has 0 aromatic heterocycles. The maximum absolute atomic E-state index is 13.8. The minimum absolute atomic E-state index is 0. The average molecular weight is 370 g/mol. The molecule has 9 heteroatoms. The van der Waals surface area contributed by atoms with Crippen molar-refractivity contribution in [1.29, 1.82) is 0 Å². The second kappa shape index (κ2) is 8.39. The molecular weight excluding hydrogens is 354 g/mol. The molecule has 0 unspecified atom stereocenters. The Bertz CT molecular complexity index is 451. The third-order valence-corrected chi connectivity index (χ3v) is 3.32. The second-order valence-corrected chi connectivity index (χ2v) is 4.83. The maximum Gasteiger partial charge on any atom is 0.408 e. The molecule has 1 heterocycles. The van der Waals surface area contributed by atoms with Gasteiger partial charge < -0.3 is 5.32 Å². The van der Waals surface area contributed by atoms with Gasteiger partial charge in [-0.25, -0.2) is 4.39 Å². The zero-order valence-electron chi connectivity index (χ0n) is 10.8. The van der Waals surface area contributed by atoms with Crippen molar-refractivity contribution in [3.8, 4) is 0 Å². The monoisotopic (exact) mass is 368 g/mol. The Hall–Kier alpha value is -0.270. The first-order chi connectivity index (χ1) is 8.89. The molecular formula is C12H15Cl3F4N2. The molecule has 1 fully saturated rings. The molecule has 122 valence electrons. The molecule has 1 atom stereocenters. The molecule has 1 aromatic carbocycles.